The van der Waals surface area contributed by atoms with Gasteiger partial charge in [-0.2, -0.15) is 5.10 Å². The minimum Gasteiger partial charge on any atom is -0.355 e. The second-order valence-electron chi connectivity index (χ2n) is 5.54. The zero-order valence-corrected chi connectivity index (χ0v) is 14.2. The lowest BCUT2D eigenvalue weighted by molar-refractivity contribution is 0.101. The molecular weight excluding hydrogens is 352 g/mol. The standard InChI is InChI=1S/C19H13ClN4O2/c20-14-7-5-13(6-8-14)18-12-17(23-26-18)19(25)22-15-3-1-4-16(11-15)24-10-2-9-21-24/h1-12H,(H,22,25). The normalized spacial score (nSPS) is 10.7. The van der Waals surface area contributed by atoms with Crippen molar-refractivity contribution >= 4 is 23.2 Å². The third-order valence-corrected chi connectivity index (χ3v) is 4.00. The monoisotopic (exact) mass is 364 g/mol. The van der Waals surface area contributed by atoms with Crippen LogP contribution in [0, 0.1) is 0 Å². The number of amides is 1. The number of hydrogen-bond donors (Lipinski definition) is 1. The number of nitrogens with zero attached hydrogens (tertiary/aromatic N) is 3. The molecule has 26 heavy (non-hydrogen) atoms. The fraction of sp³-hybridized carbons (Fsp3) is 0. The average molecular weight is 365 g/mol. The van der Waals surface area contributed by atoms with Crippen molar-refractivity contribution in [2.45, 2.75) is 0 Å². The van der Waals surface area contributed by atoms with Gasteiger partial charge in [0.2, 0.25) is 0 Å². The number of aromatic nitrogens is 3. The molecule has 0 spiro atoms. The highest BCUT2D eigenvalue weighted by molar-refractivity contribution is 6.30. The third kappa shape index (κ3) is 3.36. The summed E-state index contributed by atoms with van der Waals surface area (Å²) < 4.78 is 6.98. The van der Waals surface area contributed by atoms with Crippen molar-refractivity contribution in [2.24, 2.45) is 0 Å². The van der Waals surface area contributed by atoms with Crippen LogP contribution in [0.1, 0.15) is 10.5 Å². The number of hydrogen-bond acceptors (Lipinski definition) is 4. The molecule has 0 aliphatic carbocycles. The summed E-state index contributed by atoms with van der Waals surface area (Å²) in [6.45, 7) is 0. The Labute approximate surface area is 154 Å². The van der Waals surface area contributed by atoms with Gasteiger partial charge in [-0.3, -0.25) is 4.79 Å². The molecule has 0 fully saturated rings. The summed E-state index contributed by atoms with van der Waals surface area (Å²) in [6.07, 6.45) is 3.52. The lowest BCUT2D eigenvalue weighted by Crippen LogP contribution is -2.12. The summed E-state index contributed by atoms with van der Waals surface area (Å²) in [4.78, 5) is 12.4. The number of benzene rings is 2. The molecule has 0 radical (unpaired) electrons. The van der Waals surface area contributed by atoms with Gasteiger partial charge in [-0.25, -0.2) is 4.68 Å². The highest BCUT2D eigenvalue weighted by Crippen LogP contribution is 2.23. The SMILES string of the molecule is O=C(Nc1cccc(-n2cccn2)c1)c1cc(-c2ccc(Cl)cc2)on1. The molecule has 7 heteroatoms. The summed E-state index contributed by atoms with van der Waals surface area (Å²) in [7, 11) is 0. The Morgan fingerprint density at radius 2 is 1.92 bits per heavy atom. The minimum atomic E-state index is -0.355. The zero-order valence-electron chi connectivity index (χ0n) is 13.5. The molecule has 0 aliphatic heterocycles. The lowest BCUT2D eigenvalue weighted by atomic mass is 10.1. The van der Waals surface area contributed by atoms with Crippen LogP contribution in [-0.2, 0) is 0 Å². The molecule has 0 unspecified atom stereocenters. The maximum Gasteiger partial charge on any atom is 0.277 e. The Hall–Kier alpha value is -3.38. The summed E-state index contributed by atoms with van der Waals surface area (Å²) in [5, 5.41) is 11.5. The summed E-state index contributed by atoms with van der Waals surface area (Å²) in [6, 6.07) is 17.9. The third-order valence-electron chi connectivity index (χ3n) is 3.74. The quantitative estimate of drug-likeness (QED) is 0.581. The van der Waals surface area contributed by atoms with Gasteiger partial charge in [0.05, 0.1) is 5.69 Å². The number of anilines is 1. The van der Waals surface area contributed by atoms with E-state index in [4.69, 9.17) is 16.1 Å². The summed E-state index contributed by atoms with van der Waals surface area (Å²) in [5.74, 6) is 0.142. The molecule has 1 N–H and O–H groups in total. The van der Waals surface area contributed by atoms with E-state index in [1.165, 1.54) is 0 Å². The van der Waals surface area contributed by atoms with E-state index < -0.39 is 0 Å². The Kier molecular flexibility index (Phi) is 4.25. The van der Waals surface area contributed by atoms with Crippen molar-refractivity contribution in [3.05, 3.63) is 83.8 Å². The molecule has 0 bridgehead atoms. The molecule has 0 aliphatic rings. The Balaban J connectivity index is 1.52. The van der Waals surface area contributed by atoms with Gasteiger partial charge >= 0.3 is 0 Å². The lowest BCUT2D eigenvalue weighted by Gasteiger charge is -2.06. The highest BCUT2D eigenvalue weighted by atomic mass is 35.5. The molecular formula is C19H13ClN4O2. The van der Waals surface area contributed by atoms with E-state index >= 15 is 0 Å². The van der Waals surface area contributed by atoms with Crippen molar-refractivity contribution < 1.29 is 9.32 Å². The molecule has 0 saturated carbocycles. The van der Waals surface area contributed by atoms with Gasteiger partial charge in [0.25, 0.3) is 5.91 Å². The van der Waals surface area contributed by atoms with E-state index in [0.29, 0.717) is 16.5 Å². The number of carbonyl (C=O) groups is 1. The second-order valence-corrected chi connectivity index (χ2v) is 5.97. The highest BCUT2D eigenvalue weighted by Gasteiger charge is 2.14. The van der Waals surface area contributed by atoms with Gasteiger partial charge in [0, 0.05) is 34.7 Å². The van der Waals surface area contributed by atoms with Gasteiger partial charge in [-0.15, -0.1) is 0 Å². The van der Waals surface area contributed by atoms with Crippen LogP contribution in [0.25, 0.3) is 17.0 Å². The molecule has 4 rings (SSSR count). The topological polar surface area (TPSA) is 73.0 Å². The van der Waals surface area contributed by atoms with Crippen molar-refractivity contribution in [1.29, 1.82) is 0 Å². The Bertz CT molecular complexity index is 1040. The molecule has 2 aromatic carbocycles. The van der Waals surface area contributed by atoms with Gasteiger partial charge < -0.3 is 9.84 Å². The van der Waals surface area contributed by atoms with E-state index in [1.807, 2.05) is 30.5 Å². The molecule has 0 saturated heterocycles. The number of carbonyl (C=O) groups excluding carboxylic acids is 1. The van der Waals surface area contributed by atoms with Crippen molar-refractivity contribution in [1.82, 2.24) is 14.9 Å². The second kappa shape index (κ2) is 6.85. The van der Waals surface area contributed by atoms with Crippen LogP contribution in [0.2, 0.25) is 5.02 Å². The van der Waals surface area contributed by atoms with E-state index in [1.54, 1.807) is 47.3 Å². The maximum atomic E-state index is 12.4. The van der Waals surface area contributed by atoms with E-state index in [-0.39, 0.29) is 11.6 Å². The number of nitrogens with one attached hydrogen (secondary N) is 1. The molecule has 2 aromatic heterocycles. The average Bonchev–Trinajstić information content (AvgIpc) is 3.35. The smallest absolute Gasteiger partial charge is 0.277 e. The van der Waals surface area contributed by atoms with Crippen LogP contribution in [0.4, 0.5) is 5.69 Å². The van der Waals surface area contributed by atoms with Crippen molar-refractivity contribution in [3.63, 3.8) is 0 Å². The van der Waals surface area contributed by atoms with Crippen LogP contribution < -0.4 is 5.32 Å². The Morgan fingerprint density at radius 1 is 1.08 bits per heavy atom. The molecule has 0 atom stereocenters. The summed E-state index contributed by atoms with van der Waals surface area (Å²) >= 11 is 5.88. The van der Waals surface area contributed by atoms with Gasteiger partial charge in [0.15, 0.2) is 11.5 Å². The number of rotatable bonds is 4. The predicted octanol–water partition coefficient (Wildman–Crippen LogP) is 4.43. The first kappa shape index (κ1) is 16.1. The van der Waals surface area contributed by atoms with Gasteiger partial charge in [0.1, 0.15) is 0 Å². The minimum absolute atomic E-state index is 0.194. The van der Waals surface area contributed by atoms with Crippen molar-refractivity contribution in [3.8, 4) is 17.0 Å². The largest absolute Gasteiger partial charge is 0.355 e. The van der Waals surface area contributed by atoms with Crippen LogP contribution >= 0.6 is 11.6 Å². The number of halogens is 1. The maximum absolute atomic E-state index is 12.4. The molecule has 1 amide bonds. The Morgan fingerprint density at radius 3 is 2.69 bits per heavy atom. The van der Waals surface area contributed by atoms with Gasteiger partial charge in [-0.1, -0.05) is 22.8 Å². The fourth-order valence-corrected chi connectivity index (χ4v) is 2.60. The first-order valence-electron chi connectivity index (χ1n) is 7.83. The zero-order chi connectivity index (χ0) is 17.9. The van der Waals surface area contributed by atoms with Crippen LogP contribution in [-0.4, -0.2) is 20.8 Å². The van der Waals surface area contributed by atoms with Crippen LogP contribution in [0.5, 0.6) is 0 Å². The summed E-state index contributed by atoms with van der Waals surface area (Å²) in [5.41, 5.74) is 2.47. The molecule has 2 heterocycles. The first-order valence-corrected chi connectivity index (χ1v) is 8.21. The molecule has 6 nitrogen and oxygen atoms in total. The van der Waals surface area contributed by atoms with Crippen molar-refractivity contribution in [2.75, 3.05) is 5.32 Å². The van der Waals surface area contributed by atoms with E-state index in [2.05, 4.69) is 15.6 Å². The predicted molar refractivity (Wildman–Crippen MR) is 98.5 cm³/mol. The van der Waals surface area contributed by atoms with Crippen LogP contribution in [0.15, 0.2) is 77.6 Å². The fourth-order valence-electron chi connectivity index (χ4n) is 2.48. The first-order chi connectivity index (χ1) is 12.7. The van der Waals surface area contributed by atoms with E-state index in [9.17, 15) is 4.79 Å². The van der Waals surface area contributed by atoms with E-state index in [0.717, 1.165) is 11.3 Å². The molecule has 128 valence electrons. The van der Waals surface area contributed by atoms with Gasteiger partial charge in [-0.05, 0) is 48.5 Å². The molecule has 4 aromatic rings. The van der Waals surface area contributed by atoms with Crippen LogP contribution in [0.3, 0.4) is 0 Å².